The van der Waals surface area contributed by atoms with Crippen LogP contribution >= 0.6 is 11.6 Å². The number of hydrogen-bond donors (Lipinski definition) is 4. The van der Waals surface area contributed by atoms with Crippen molar-refractivity contribution in [2.45, 2.75) is 32.5 Å². The summed E-state index contributed by atoms with van der Waals surface area (Å²) >= 11 is 5.98. The number of halogens is 1. The predicted molar refractivity (Wildman–Crippen MR) is 338 cm³/mol. The number of anilines is 3. The van der Waals surface area contributed by atoms with Gasteiger partial charge in [0.15, 0.2) is 15.9 Å². The first-order valence-corrected chi connectivity index (χ1v) is 34.9. The number of nitrogens with one attached hydrogen (secondary N) is 2. The first kappa shape index (κ1) is 67.9. The molecule has 8 bridgehead atoms. The monoisotopic (exact) mass is 1470 g/mol. The van der Waals surface area contributed by atoms with E-state index in [1.54, 1.807) is 85.8 Å². The number of benzene rings is 7. The number of fused-ring (bicyclic) bond motifs is 20. The van der Waals surface area contributed by atoms with Gasteiger partial charge in [0.25, 0.3) is 36.2 Å². The molecule has 31 nitrogen and oxygen atoms in total. The second-order valence-electron chi connectivity index (χ2n) is 19.8. The van der Waals surface area contributed by atoms with Gasteiger partial charge in [0.1, 0.15) is 15.5 Å². The molecule has 487 valence electrons. The fraction of sp³-hybridized carbons (Fsp3) is 0.0714. The van der Waals surface area contributed by atoms with Crippen molar-refractivity contribution in [2.75, 3.05) is 27.3 Å². The summed E-state index contributed by atoms with van der Waals surface area (Å²) in [6.07, 6.45) is 0. The Kier molecular flexibility index (Phi) is 19.1. The van der Waals surface area contributed by atoms with Gasteiger partial charge in [-0.3, -0.25) is 18.6 Å². The Bertz CT molecular complexity index is 5800. The van der Waals surface area contributed by atoms with Gasteiger partial charge in [-0.2, -0.15) is 37.2 Å². The second-order valence-corrected chi connectivity index (χ2v) is 27.6. The number of sulfonamides is 1. The zero-order chi connectivity index (χ0) is 67.2. The maximum atomic E-state index is 14.7. The average Bonchev–Trinajstić information content (AvgIpc) is 1.60. The molecule has 4 N–H and O–H groups in total. The van der Waals surface area contributed by atoms with Gasteiger partial charge in [0, 0.05) is 73.2 Å². The molecular formula is C56H37ClCuN14O17S6. The van der Waals surface area contributed by atoms with Crippen LogP contribution in [-0.4, -0.2) is 128 Å². The van der Waals surface area contributed by atoms with Gasteiger partial charge < -0.3 is 35.2 Å². The molecule has 0 saturated heterocycles. The molecular weight excluding hydrogens is 1430 g/mol. The fourth-order valence-corrected chi connectivity index (χ4v) is 13.8. The molecule has 3 aliphatic rings. The predicted octanol–water partition coefficient (Wildman–Crippen LogP) is 6.83. The number of hydrazone groups is 1. The van der Waals surface area contributed by atoms with E-state index < -0.39 is 88.8 Å². The van der Waals surface area contributed by atoms with Crippen molar-refractivity contribution in [1.82, 2.24) is 39.9 Å². The second kappa shape index (κ2) is 26.8. The van der Waals surface area contributed by atoms with E-state index in [0.29, 0.717) is 32.6 Å². The summed E-state index contributed by atoms with van der Waals surface area (Å²) in [5, 5.41) is 17.8. The molecule has 10 aromatic rings. The smallest absolute Gasteiger partial charge is 0.384 e. The molecule has 13 rings (SSSR count). The quantitative estimate of drug-likeness (QED) is 0.0522. The molecule has 1 amide bonds. The summed E-state index contributed by atoms with van der Waals surface area (Å²) < 4.78 is 182. The summed E-state index contributed by atoms with van der Waals surface area (Å²) in [6, 6.07) is 36.3. The van der Waals surface area contributed by atoms with Crippen LogP contribution in [0.5, 0.6) is 0 Å². The number of amides is 1. The Morgan fingerprint density at radius 3 is 1.67 bits per heavy atom. The van der Waals surface area contributed by atoms with E-state index in [2.05, 4.69) is 30.4 Å². The summed E-state index contributed by atoms with van der Waals surface area (Å²) in [6.45, 7) is 1.28. The van der Waals surface area contributed by atoms with Gasteiger partial charge in [-0.25, -0.2) is 26.8 Å². The van der Waals surface area contributed by atoms with E-state index >= 15 is 0 Å². The zero-order valence-corrected chi connectivity index (χ0v) is 54.0. The first-order chi connectivity index (χ1) is 44.5. The van der Waals surface area contributed by atoms with Crippen LogP contribution in [0.2, 0.25) is 5.02 Å². The van der Waals surface area contributed by atoms with Crippen LogP contribution in [0.15, 0.2) is 187 Å². The van der Waals surface area contributed by atoms with Gasteiger partial charge in [0.05, 0.1) is 50.2 Å². The SMILES string of the molecule is CC1=NN(c2ccc(Cl)cc2)C(=O)C1N=Nc1ccc(NCCS(=O)(=O)c2ccc(NS(=O)(=O)c3cccc4c3-c3nc-4nc4[n-]c(nc5nc(nc6[n-]c(n3)c3cccc(S(=O)(=O)O)c63)-c3ccccc3-5)c3ccccc43)cc2)cc1S(=O)(=O)O.O=S(=O)=O.O=S(=O)=O.[Cu+2]. The minimum absolute atomic E-state index is 0. The normalized spacial score (nSPS) is 13.6. The van der Waals surface area contributed by atoms with E-state index in [-0.39, 0.29) is 124 Å². The molecule has 6 heterocycles. The largest absolute Gasteiger partial charge is 2.00 e. The Labute approximate surface area is 554 Å². The van der Waals surface area contributed by atoms with Crippen LogP contribution in [0.25, 0.3) is 89.7 Å². The Balaban J connectivity index is 0.00000104. The third-order valence-corrected chi connectivity index (χ3v) is 19.1. The number of rotatable bonds is 13. The molecule has 1 atom stereocenters. The standard InChI is InChI=1S/C56H37ClN14O11S4.Cu.2O3S/c1-29-47(56(72)71(69-29)33-21-16-30(57)17-22-33)68-67-41-25-20-32(28-44(41)86(80,81)82)58-26-27-83(73,74)34-23-18-31(19-24-34)70-84(75,76)42-14-6-12-39-45(42)54-64-52(39)62-50-36-9-3-2-8-35(36)48(60-50)59-49-37-10-4-5-11-38(37)51(61-49)63-55-46-40(53(65-54)66-55)13-7-15-43(46)85(77,78)79;;2*1-4(2)3/h2-25,28,47,70H,26-27H2,1H3,(H3-2,58,59,60,61,62,63,64,65,66,67,68,77,78,79,80,81,82);;;/q-2;+2;;. The van der Waals surface area contributed by atoms with Crippen LogP contribution < -0.4 is 25.0 Å². The van der Waals surface area contributed by atoms with Gasteiger partial charge in [-0.1, -0.05) is 84.4 Å². The molecule has 3 aliphatic heterocycles. The molecule has 7 aromatic carbocycles. The summed E-state index contributed by atoms with van der Waals surface area (Å²) in [7, 11) is -24.8. The van der Waals surface area contributed by atoms with Crippen molar-refractivity contribution in [3.63, 3.8) is 0 Å². The molecule has 0 spiro atoms. The van der Waals surface area contributed by atoms with Crippen LogP contribution in [-0.2, 0) is 83.2 Å². The molecule has 95 heavy (non-hydrogen) atoms. The topological polar surface area (TPSA) is 466 Å². The summed E-state index contributed by atoms with van der Waals surface area (Å²) in [5.41, 5.74) is 1.76. The van der Waals surface area contributed by atoms with Crippen molar-refractivity contribution in [3.8, 4) is 45.6 Å². The zero-order valence-electron chi connectivity index (χ0n) is 47.4. The van der Waals surface area contributed by atoms with E-state index in [1.807, 2.05) is 0 Å². The maximum absolute atomic E-state index is 14.7. The van der Waals surface area contributed by atoms with Crippen molar-refractivity contribution in [2.24, 2.45) is 15.3 Å². The molecule has 0 saturated carbocycles. The van der Waals surface area contributed by atoms with E-state index in [4.69, 9.17) is 71.7 Å². The third kappa shape index (κ3) is 14.4. The van der Waals surface area contributed by atoms with Crippen molar-refractivity contribution in [1.29, 1.82) is 0 Å². The molecule has 1 unspecified atom stereocenters. The third-order valence-electron chi connectivity index (χ3n) is 13.9. The molecule has 39 heteroatoms. The minimum Gasteiger partial charge on any atom is -0.384 e. The van der Waals surface area contributed by atoms with Gasteiger partial charge >= 0.3 is 38.3 Å². The molecule has 0 fully saturated rings. The Morgan fingerprint density at radius 2 is 1.06 bits per heavy atom. The first-order valence-electron chi connectivity index (χ1n) is 26.5. The maximum Gasteiger partial charge on any atom is 2.00 e. The van der Waals surface area contributed by atoms with Crippen LogP contribution in [0.3, 0.4) is 0 Å². The number of carbonyl (C=O) groups excluding carboxylic acids is 1. The van der Waals surface area contributed by atoms with Gasteiger partial charge in [-0.05, 0) is 102 Å². The average molecular weight is 1470 g/mol. The number of nitrogens with zero attached hydrogens (tertiary/aromatic N) is 12. The number of hydrogen-bond acceptors (Lipinski definition) is 25. The van der Waals surface area contributed by atoms with Gasteiger partial charge in [0.2, 0.25) is 0 Å². The van der Waals surface area contributed by atoms with Crippen LogP contribution in [0, 0.1) is 0 Å². The Hall–Kier alpha value is -9.99. The van der Waals surface area contributed by atoms with Gasteiger partial charge in [-0.15, -0.1) is 25.3 Å². The van der Waals surface area contributed by atoms with Crippen molar-refractivity contribution >= 4 is 151 Å². The molecule has 0 aliphatic carbocycles. The van der Waals surface area contributed by atoms with E-state index in [0.717, 1.165) is 11.1 Å². The molecule has 3 aromatic heterocycles. The van der Waals surface area contributed by atoms with E-state index in [1.165, 1.54) is 66.7 Å². The van der Waals surface area contributed by atoms with Crippen LogP contribution in [0.1, 0.15) is 6.92 Å². The molecule has 1 radical (unpaired) electrons. The van der Waals surface area contributed by atoms with Crippen LogP contribution in [0.4, 0.5) is 22.7 Å². The number of azo groups is 1. The Morgan fingerprint density at radius 1 is 0.568 bits per heavy atom. The number of sulfone groups is 1. The summed E-state index contributed by atoms with van der Waals surface area (Å²) in [5.74, 6) is -0.985. The van der Waals surface area contributed by atoms with Crippen molar-refractivity contribution in [3.05, 3.63) is 157 Å². The fourth-order valence-electron chi connectivity index (χ4n) is 9.91. The minimum atomic E-state index is -4.93. The number of aromatic nitrogens is 8. The van der Waals surface area contributed by atoms with E-state index in [9.17, 15) is 47.6 Å². The number of carbonyl (C=O) groups is 1. The summed E-state index contributed by atoms with van der Waals surface area (Å²) in [4.78, 5) is 49.7. The van der Waals surface area contributed by atoms with Crippen molar-refractivity contribution < 1.29 is 89.9 Å².